The highest BCUT2D eigenvalue weighted by Gasteiger charge is 2.41. The van der Waals surface area contributed by atoms with Crippen LogP contribution in [0.15, 0.2) is 35.1 Å². The molecule has 0 saturated carbocycles. The molecular formula is C21H22N4O3S. The van der Waals surface area contributed by atoms with Crippen molar-refractivity contribution in [3.05, 3.63) is 61.8 Å². The number of benzene rings is 1. The molecule has 8 heteroatoms. The molecule has 7 nitrogen and oxygen atoms in total. The molecule has 1 aromatic carbocycles. The van der Waals surface area contributed by atoms with Crippen LogP contribution in [-0.4, -0.2) is 35.6 Å². The van der Waals surface area contributed by atoms with E-state index in [4.69, 9.17) is 4.74 Å². The number of ether oxygens (including phenoxy) is 1. The number of carbonyl (C=O) groups excluding carboxylic acids is 1. The molecule has 0 aliphatic carbocycles. The summed E-state index contributed by atoms with van der Waals surface area (Å²) in [4.78, 5) is 34.0. The maximum absolute atomic E-state index is 12.8. The lowest BCUT2D eigenvalue weighted by molar-refractivity contribution is -0.0771. The lowest BCUT2D eigenvalue weighted by atomic mass is 9.86. The molecule has 2 aliphatic heterocycles. The SMILES string of the molecule is O=C(NCc1nc2ccccc2c(=O)[nH]1)c1cc2c(s1)C1(CCNCC1)OCC2. The van der Waals surface area contributed by atoms with Gasteiger partial charge >= 0.3 is 0 Å². The fourth-order valence-corrected chi connectivity index (χ4v) is 5.53. The molecule has 0 bridgehead atoms. The summed E-state index contributed by atoms with van der Waals surface area (Å²) in [6.07, 6.45) is 2.71. The first-order valence-electron chi connectivity index (χ1n) is 9.89. The van der Waals surface area contributed by atoms with E-state index < -0.39 is 0 Å². The summed E-state index contributed by atoms with van der Waals surface area (Å²) in [6, 6.07) is 9.17. The molecule has 1 spiro atoms. The Morgan fingerprint density at radius 2 is 2.10 bits per heavy atom. The van der Waals surface area contributed by atoms with E-state index in [0.717, 1.165) is 32.4 Å². The molecule has 2 aliphatic rings. The van der Waals surface area contributed by atoms with Gasteiger partial charge < -0.3 is 20.4 Å². The molecule has 1 fully saturated rings. The first kappa shape index (κ1) is 18.5. The summed E-state index contributed by atoms with van der Waals surface area (Å²) in [5, 5.41) is 6.82. The van der Waals surface area contributed by atoms with Gasteiger partial charge in [-0.2, -0.15) is 0 Å². The molecule has 1 amide bonds. The Labute approximate surface area is 171 Å². The van der Waals surface area contributed by atoms with Gasteiger partial charge in [-0.1, -0.05) is 12.1 Å². The van der Waals surface area contributed by atoms with Gasteiger partial charge in [0.2, 0.25) is 0 Å². The zero-order chi connectivity index (χ0) is 19.8. The highest BCUT2D eigenvalue weighted by atomic mass is 32.1. The highest BCUT2D eigenvalue weighted by Crippen LogP contribution is 2.44. The second-order valence-electron chi connectivity index (χ2n) is 7.52. The second kappa shape index (κ2) is 7.37. The molecule has 4 heterocycles. The lowest BCUT2D eigenvalue weighted by Crippen LogP contribution is -2.43. The summed E-state index contributed by atoms with van der Waals surface area (Å²) in [5.41, 5.74) is 1.41. The summed E-state index contributed by atoms with van der Waals surface area (Å²) in [6.45, 7) is 2.74. The zero-order valence-electron chi connectivity index (χ0n) is 15.9. The Morgan fingerprint density at radius 3 is 2.97 bits per heavy atom. The molecule has 5 rings (SSSR count). The third-order valence-corrected chi connectivity index (χ3v) is 7.05. The molecule has 3 N–H and O–H groups in total. The number of hydrogen-bond acceptors (Lipinski definition) is 6. The number of fused-ring (bicyclic) bond motifs is 3. The highest BCUT2D eigenvalue weighted by molar-refractivity contribution is 7.14. The van der Waals surface area contributed by atoms with Gasteiger partial charge in [-0.25, -0.2) is 4.98 Å². The maximum atomic E-state index is 12.8. The average Bonchev–Trinajstić information content (AvgIpc) is 3.19. The first-order valence-corrected chi connectivity index (χ1v) is 10.7. The minimum atomic E-state index is -0.243. The van der Waals surface area contributed by atoms with Gasteiger partial charge in [-0.05, 0) is 56.1 Å². The largest absolute Gasteiger partial charge is 0.369 e. The van der Waals surface area contributed by atoms with Gasteiger partial charge in [0, 0.05) is 4.88 Å². The Hall–Kier alpha value is -2.55. The summed E-state index contributed by atoms with van der Waals surface area (Å²) < 4.78 is 6.20. The predicted molar refractivity (Wildman–Crippen MR) is 111 cm³/mol. The van der Waals surface area contributed by atoms with E-state index in [1.54, 1.807) is 18.2 Å². The van der Waals surface area contributed by atoms with E-state index in [0.29, 0.717) is 28.2 Å². The second-order valence-corrected chi connectivity index (χ2v) is 8.57. The lowest BCUT2D eigenvalue weighted by Gasteiger charge is -2.40. The quantitative estimate of drug-likeness (QED) is 0.614. The molecule has 29 heavy (non-hydrogen) atoms. The van der Waals surface area contributed by atoms with Crippen molar-refractivity contribution in [3.63, 3.8) is 0 Å². The van der Waals surface area contributed by atoms with Crippen LogP contribution >= 0.6 is 11.3 Å². The number of nitrogens with one attached hydrogen (secondary N) is 3. The number of para-hydroxylation sites is 1. The van der Waals surface area contributed by atoms with Crippen molar-refractivity contribution in [1.29, 1.82) is 0 Å². The third-order valence-electron chi connectivity index (χ3n) is 5.69. The maximum Gasteiger partial charge on any atom is 0.261 e. The molecule has 3 aromatic rings. The summed E-state index contributed by atoms with van der Waals surface area (Å²) >= 11 is 1.53. The fourth-order valence-electron chi connectivity index (χ4n) is 4.21. The smallest absolute Gasteiger partial charge is 0.261 e. The summed E-state index contributed by atoms with van der Waals surface area (Å²) in [7, 11) is 0. The van der Waals surface area contributed by atoms with Crippen molar-refractivity contribution in [2.75, 3.05) is 19.7 Å². The number of thiophene rings is 1. The predicted octanol–water partition coefficient (Wildman–Crippen LogP) is 2.07. The van der Waals surface area contributed by atoms with Gasteiger partial charge in [-0.3, -0.25) is 9.59 Å². The Kier molecular flexibility index (Phi) is 4.69. The molecule has 150 valence electrons. The number of piperidine rings is 1. The van der Waals surface area contributed by atoms with Crippen molar-refractivity contribution < 1.29 is 9.53 Å². The number of carbonyl (C=O) groups is 1. The van der Waals surface area contributed by atoms with Crippen LogP contribution in [0.1, 0.15) is 38.8 Å². The number of amides is 1. The molecule has 0 unspecified atom stereocenters. The molecule has 0 radical (unpaired) electrons. The van der Waals surface area contributed by atoms with E-state index >= 15 is 0 Å². The van der Waals surface area contributed by atoms with Gasteiger partial charge in [0.05, 0.1) is 28.9 Å². The van der Waals surface area contributed by atoms with Crippen molar-refractivity contribution in [3.8, 4) is 0 Å². The van der Waals surface area contributed by atoms with Crippen LogP contribution in [0.4, 0.5) is 0 Å². The minimum absolute atomic E-state index is 0.149. The van der Waals surface area contributed by atoms with E-state index in [1.807, 2.05) is 12.1 Å². The number of H-pyrrole nitrogens is 1. The van der Waals surface area contributed by atoms with Crippen LogP contribution < -0.4 is 16.2 Å². The van der Waals surface area contributed by atoms with Crippen LogP contribution in [0.25, 0.3) is 10.9 Å². The van der Waals surface area contributed by atoms with Crippen LogP contribution in [0.2, 0.25) is 0 Å². The zero-order valence-corrected chi connectivity index (χ0v) is 16.7. The Balaban J connectivity index is 1.35. The normalized spacial score (nSPS) is 17.9. The van der Waals surface area contributed by atoms with E-state index in [2.05, 4.69) is 20.6 Å². The van der Waals surface area contributed by atoms with E-state index in [-0.39, 0.29) is 23.6 Å². The number of aromatic amines is 1. The standard InChI is InChI=1S/C21H22N4O3S/c26-19-14-3-1-2-4-15(14)24-17(25-19)12-23-20(27)16-11-13-5-10-28-21(18(13)29-16)6-8-22-9-7-21/h1-4,11,22H,5-10,12H2,(H,23,27)(H,24,25,26). The third kappa shape index (κ3) is 3.37. The van der Waals surface area contributed by atoms with Gasteiger partial charge in [0.25, 0.3) is 11.5 Å². The van der Waals surface area contributed by atoms with E-state index in [1.165, 1.54) is 21.8 Å². The molecule has 1 saturated heterocycles. The number of nitrogens with zero attached hydrogens (tertiary/aromatic N) is 1. The van der Waals surface area contributed by atoms with Crippen molar-refractivity contribution in [1.82, 2.24) is 20.6 Å². The van der Waals surface area contributed by atoms with E-state index in [9.17, 15) is 9.59 Å². The van der Waals surface area contributed by atoms with Crippen molar-refractivity contribution in [2.24, 2.45) is 0 Å². The van der Waals surface area contributed by atoms with Gasteiger partial charge in [-0.15, -0.1) is 11.3 Å². The molecule has 0 atom stereocenters. The Morgan fingerprint density at radius 1 is 1.28 bits per heavy atom. The fraction of sp³-hybridized carbons (Fsp3) is 0.381. The van der Waals surface area contributed by atoms with Crippen LogP contribution in [-0.2, 0) is 23.3 Å². The number of hydrogen-bond donors (Lipinski definition) is 3. The number of aromatic nitrogens is 2. The van der Waals surface area contributed by atoms with Crippen LogP contribution in [0, 0.1) is 0 Å². The average molecular weight is 410 g/mol. The first-order chi connectivity index (χ1) is 14.1. The monoisotopic (exact) mass is 410 g/mol. The van der Waals surface area contributed by atoms with Gasteiger partial charge in [0.15, 0.2) is 0 Å². The Bertz CT molecular complexity index is 1130. The minimum Gasteiger partial charge on any atom is -0.369 e. The van der Waals surface area contributed by atoms with Crippen molar-refractivity contribution >= 4 is 28.1 Å². The molecule has 2 aromatic heterocycles. The topological polar surface area (TPSA) is 96.1 Å². The number of rotatable bonds is 3. The van der Waals surface area contributed by atoms with Gasteiger partial charge in [0.1, 0.15) is 11.4 Å². The van der Waals surface area contributed by atoms with Crippen LogP contribution in [0.5, 0.6) is 0 Å². The summed E-state index contributed by atoms with van der Waals surface area (Å²) in [5.74, 6) is 0.297. The molecular weight excluding hydrogens is 388 g/mol. The van der Waals surface area contributed by atoms with Crippen molar-refractivity contribution in [2.45, 2.75) is 31.4 Å². The van der Waals surface area contributed by atoms with Crippen LogP contribution in [0.3, 0.4) is 0 Å².